The highest BCUT2D eigenvalue weighted by Gasteiger charge is 2.12. The van der Waals surface area contributed by atoms with Crippen LogP contribution in [0.2, 0.25) is 5.02 Å². The van der Waals surface area contributed by atoms with Crippen molar-refractivity contribution >= 4 is 11.6 Å². The van der Waals surface area contributed by atoms with Crippen LogP contribution in [0.5, 0.6) is 5.75 Å². The SMILES string of the molecule is CC(C)Oc1c(Cl)[c]c(F)cc1C#N. The molecule has 0 aliphatic rings. The monoisotopic (exact) mass is 212 g/mol. The Morgan fingerprint density at radius 1 is 1.64 bits per heavy atom. The van der Waals surface area contributed by atoms with Gasteiger partial charge >= 0.3 is 0 Å². The molecule has 0 spiro atoms. The Hall–Kier alpha value is -1.27. The Bertz CT molecular complexity index is 384. The minimum atomic E-state index is -0.664. The summed E-state index contributed by atoms with van der Waals surface area (Å²) in [5.41, 5.74) is 0.0833. The number of halogens is 2. The number of hydrogen-bond acceptors (Lipinski definition) is 2. The van der Waals surface area contributed by atoms with Gasteiger partial charge in [-0.25, -0.2) is 4.39 Å². The first-order valence-electron chi connectivity index (χ1n) is 4.02. The molecule has 14 heavy (non-hydrogen) atoms. The maximum Gasteiger partial charge on any atom is 0.156 e. The fourth-order valence-corrected chi connectivity index (χ4v) is 1.18. The van der Waals surface area contributed by atoms with Crippen molar-refractivity contribution in [3.05, 3.63) is 28.5 Å². The lowest BCUT2D eigenvalue weighted by Crippen LogP contribution is -2.07. The molecule has 1 rings (SSSR count). The largest absolute Gasteiger partial charge is 0.488 e. The summed E-state index contributed by atoms with van der Waals surface area (Å²) in [6, 6.07) is 5.10. The molecule has 0 amide bonds. The molecular formula is C10H8ClFNO. The van der Waals surface area contributed by atoms with E-state index in [0.29, 0.717) is 0 Å². The molecular weight excluding hydrogens is 205 g/mol. The average molecular weight is 213 g/mol. The van der Waals surface area contributed by atoms with E-state index in [2.05, 4.69) is 6.07 Å². The molecule has 0 heterocycles. The Morgan fingerprint density at radius 2 is 2.29 bits per heavy atom. The number of nitriles is 1. The van der Waals surface area contributed by atoms with E-state index in [1.165, 1.54) is 0 Å². The molecule has 0 fully saturated rings. The first-order valence-corrected chi connectivity index (χ1v) is 4.40. The van der Waals surface area contributed by atoms with Gasteiger partial charge in [0.2, 0.25) is 0 Å². The van der Waals surface area contributed by atoms with Crippen molar-refractivity contribution in [2.24, 2.45) is 0 Å². The van der Waals surface area contributed by atoms with Crippen LogP contribution in [0.25, 0.3) is 0 Å². The number of hydrogen-bond donors (Lipinski definition) is 0. The Morgan fingerprint density at radius 3 is 2.79 bits per heavy atom. The highest BCUT2D eigenvalue weighted by Crippen LogP contribution is 2.29. The van der Waals surface area contributed by atoms with Gasteiger partial charge in [-0.05, 0) is 19.9 Å². The molecule has 1 radical (unpaired) electrons. The summed E-state index contributed by atoms with van der Waals surface area (Å²) < 4.78 is 18.1. The van der Waals surface area contributed by atoms with Crippen molar-refractivity contribution in [2.75, 3.05) is 0 Å². The van der Waals surface area contributed by atoms with E-state index >= 15 is 0 Å². The maximum atomic E-state index is 12.8. The normalized spacial score (nSPS) is 10.0. The van der Waals surface area contributed by atoms with Crippen LogP contribution in [0.4, 0.5) is 4.39 Å². The molecule has 0 atom stereocenters. The van der Waals surface area contributed by atoms with Crippen LogP contribution in [0, 0.1) is 23.2 Å². The molecule has 73 valence electrons. The van der Waals surface area contributed by atoms with Gasteiger partial charge in [0.25, 0.3) is 0 Å². The number of nitrogens with zero attached hydrogens (tertiary/aromatic N) is 1. The molecule has 1 aromatic carbocycles. The zero-order valence-electron chi connectivity index (χ0n) is 7.77. The third-order valence-corrected chi connectivity index (χ3v) is 1.68. The summed E-state index contributed by atoms with van der Waals surface area (Å²) in [4.78, 5) is 0. The lowest BCUT2D eigenvalue weighted by molar-refractivity contribution is 0.241. The van der Waals surface area contributed by atoms with E-state index in [0.717, 1.165) is 6.07 Å². The van der Waals surface area contributed by atoms with Crippen molar-refractivity contribution in [3.63, 3.8) is 0 Å². The van der Waals surface area contributed by atoms with Gasteiger partial charge in [0, 0.05) is 6.07 Å². The van der Waals surface area contributed by atoms with Gasteiger partial charge in [0.15, 0.2) is 5.75 Å². The second kappa shape index (κ2) is 4.30. The van der Waals surface area contributed by atoms with Gasteiger partial charge in [0.05, 0.1) is 16.7 Å². The third kappa shape index (κ3) is 2.36. The molecule has 2 nitrogen and oxygen atoms in total. The van der Waals surface area contributed by atoms with Gasteiger partial charge in [0.1, 0.15) is 11.9 Å². The van der Waals surface area contributed by atoms with E-state index in [9.17, 15) is 4.39 Å². The summed E-state index contributed by atoms with van der Waals surface area (Å²) in [7, 11) is 0. The summed E-state index contributed by atoms with van der Waals surface area (Å²) in [5.74, 6) is -0.478. The smallest absolute Gasteiger partial charge is 0.156 e. The molecule has 0 aliphatic heterocycles. The van der Waals surface area contributed by atoms with Gasteiger partial charge in [-0.1, -0.05) is 11.6 Å². The molecule has 0 aromatic heterocycles. The van der Waals surface area contributed by atoms with Crippen LogP contribution < -0.4 is 4.74 Å². The molecule has 0 bridgehead atoms. The Balaban J connectivity index is 3.20. The molecule has 0 aliphatic carbocycles. The zero-order chi connectivity index (χ0) is 10.7. The summed E-state index contributed by atoms with van der Waals surface area (Å²) >= 11 is 5.69. The van der Waals surface area contributed by atoms with Crippen LogP contribution in [0.3, 0.4) is 0 Å². The van der Waals surface area contributed by atoms with E-state index in [1.54, 1.807) is 13.8 Å². The molecule has 4 heteroatoms. The standard InChI is InChI=1S/C10H8ClFNO/c1-6(2)14-10-7(5-13)3-8(12)4-9(10)11/h3,6H,1-2H3. The van der Waals surface area contributed by atoms with Crippen LogP contribution >= 0.6 is 11.6 Å². The minimum absolute atomic E-state index is 0.00440. The van der Waals surface area contributed by atoms with Crippen LogP contribution in [-0.2, 0) is 0 Å². The highest BCUT2D eigenvalue weighted by molar-refractivity contribution is 6.32. The molecule has 0 N–H and O–H groups in total. The molecule has 0 unspecified atom stereocenters. The molecule has 0 saturated carbocycles. The zero-order valence-corrected chi connectivity index (χ0v) is 8.52. The van der Waals surface area contributed by atoms with Crippen LogP contribution in [-0.4, -0.2) is 6.10 Å². The van der Waals surface area contributed by atoms with E-state index < -0.39 is 5.82 Å². The topological polar surface area (TPSA) is 33.0 Å². The fourth-order valence-electron chi connectivity index (χ4n) is 0.942. The second-order valence-electron chi connectivity index (χ2n) is 2.95. The van der Waals surface area contributed by atoms with Crippen molar-refractivity contribution < 1.29 is 9.13 Å². The van der Waals surface area contributed by atoms with Gasteiger partial charge in [-0.15, -0.1) is 0 Å². The van der Waals surface area contributed by atoms with E-state index in [-0.39, 0.29) is 22.4 Å². The van der Waals surface area contributed by atoms with Gasteiger partial charge in [-0.2, -0.15) is 5.26 Å². The van der Waals surface area contributed by atoms with Crippen molar-refractivity contribution in [2.45, 2.75) is 20.0 Å². The lowest BCUT2D eigenvalue weighted by Gasteiger charge is -2.12. The Kier molecular flexibility index (Phi) is 3.32. The quantitative estimate of drug-likeness (QED) is 0.755. The van der Waals surface area contributed by atoms with E-state index in [4.69, 9.17) is 21.6 Å². The van der Waals surface area contributed by atoms with E-state index in [1.807, 2.05) is 6.07 Å². The first-order chi connectivity index (χ1) is 6.54. The van der Waals surface area contributed by atoms with Crippen molar-refractivity contribution in [1.29, 1.82) is 5.26 Å². The predicted octanol–water partition coefficient (Wildman–Crippen LogP) is 2.94. The second-order valence-corrected chi connectivity index (χ2v) is 3.33. The van der Waals surface area contributed by atoms with Crippen molar-refractivity contribution in [1.82, 2.24) is 0 Å². The van der Waals surface area contributed by atoms with Gasteiger partial charge in [-0.3, -0.25) is 0 Å². The third-order valence-electron chi connectivity index (χ3n) is 1.42. The predicted molar refractivity (Wildman–Crippen MR) is 50.7 cm³/mol. The number of ether oxygens (including phenoxy) is 1. The maximum absolute atomic E-state index is 12.8. The first kappa shape index (κ1) is 10.8. The minimum Gasteiger partial charge on any atom is -0.488 e. The average Bonchev–Trinajstić information content (AvgIpc) is 2.08. The summed E-state index contributed by atoms with van der Waals surface area (Å²) in [6.07, 6.45) is -0.126. The van der Waals surface area contributed by atoms with Crippen molar-refractivity contribution in [3.8, 4) is 11.8 Å². The Labute approximate surface area is 86.9 Å². The lowest BCUT2D eigenvalue weighted by atomic mass is 10.2. The number of rotatable bonds is 2. The highest BCUT2D eigenvalue weighted by atomic mass is 35.5. The molecule has 1 aromatic rings. The van der Waals surface area contributed by atoms with Crippen LogP contribution in [0.15, 0.2) is 6.07 Å². The fraction of sp³-hybridized carbons (Fsp3) is 0.300. The van der Waals surface area contributed by atoms with Gasteiger partial charge < -0.3 is 4.74 Å². The molecule has 0 saturated heterocycles. The van der Waals surface area contributed by atoms with Crippen LogP contribution in [0.1, 0.15) is 19.4 Å². The summed E-state index contributed by atoms with van der Waals surface area (Å²) in [6.45, 7) is 3.59. The summed E-state index contributed by atoms with van der Waals surface area (Å²) in [5, 5.41) is 8.71. The number of benzene rings is 1.